The number of rotatable bonds is 5. The summed E-state index contributed by atoms with van der Waals surface area (Å²) < 4.78 is 0. The van der Waals surface area contributed by atoms with E-state index in [0.29, 0.717) is 47.3 Å². The molecule has 0 atom stereocenters. The number of benzene rings is 2. The Balaban J connectivity index is 1.41. The molecule has 0 fully saturated rings. The molecule has 3 aromatic rings. The predicted molar refractivity (Wildman–Crippen MR) is 124 cm³/mol. The highest BCUT2D eigenvalue weighted by Gasteiger charge is 2.34. The molecule has 0 aliphatic carbocycles. The lowest BCUT2D eigenvalue weighted by molar-refractivity contribution is 0.0652. The number of aromatic nitrogens is 2. The molecule has 1 aliphatic rings. The van der Waals surface area contributed by atoms with Crippen LogP contribution >= 0.6 is 0 Å². The molecular formula is C25H20N6O2. The van der Waals surface area contributed by atoms with Crippen molar-refractivity contribution in [3.8, 4) is 29.2 Å². The largest absolute Gasteiger partial charge is 0.382 e. The molecule has 2 heterocycles. The molecule has 8 nitrogen and oxygen atoms in total. The quantitative estimate of drug-likeness (QED) is 0.356. The van der Waals surface area contributed by atoms with E-state index in [4.69, 9.17) is 11.5 Å². The monoisotopic (exact) mass is 436 g/mol. The topological polar surface area (TPSA) is 139 Å². The molecule has 0 saturated carbocycles. The van der Waals surface area contributed by atoms with Gasteiger partial charge in [-0.3, -0.25) is 14.5 Å². The minimum Gasteiger partial charge on any atom is -0.382 e. The SMILES string of the molecule is N#Cc1c(N)nc(N)nc1-c1ccccc1C#CCCCCN1C(=O)c2ccccc2C1=O. The number of hydrogen-bond donors (Lipinski definition) is 2. The van der Waals surface area contributed by atoms with Crippen molar-refractivity contribution in [2.24, 2.45) is 0 Å². The summed E-state index contributed by atoms with van der Waals surface area (Å²) in [4.78, 5) is 34.2. The van der Waals surface area contributed by atoms with E-state index in [9.17, 15) is 14.9 Å². The number of nitriles is 1. The molecule has 4 rings (SSSR count). The molecule has 8 heteroatoms. The Morgan fingerprint density at radius 3 is 2.18 bits per heavy atom. The van der Waals surface area contributed by atoms with Crippen molar-refractivity contribution < 1.29 is 9.59 Å². The zero-order valence-electron chi connectivity index (χ0n) is 17.7. The minimum absolute atomic E-state index is 0.0163. The lowest BCUT2D eigenvalue weighted by Gasteiger charge is -2.12. The summed E-state index contributed by atoms with van der Waals surface area (Å²) in [5.41, 5.74) is 14.3. The second kappa shape index (κ2) is 9.21. The number of anilines is 2. The van der Waals surface area contributed by atoms with Gasteiger partial charge >= 0.3 is 0 Å². The number of carbonyl (C=O) groups is 2. The number of unbranched alkanes of at least 4 members (excludes halogenated alkanes) is 2. The summed E-state index contributed by atoms with van der Waals surface area (Å²) in [7, 11) is 0. The summed E-state index contributed by atoms with van der Waals surface area (Å²) in [5.74, 6) is 5.75. The summed E-state index contributed by atoms with van der Waals surface area (Å²) in [5, 5.41) is 9.46. The van der Waals surface area contributed by atoms with Gasteiger partial charge in [-0.2, -0.15) is 10.2 Å². The first-order valence-corrected chi connectivity index (χ1v) is 10.4. The standard InChI is InChI=1S/C25H20N6O2/c26-15-20-21(29-25(28)30-22(20)27)17-11-5-4-10-16(17)9-3-1-2-8-14-31-23(32)18-12-6-7-13-19(18)24(31)33/h4-7,10-13H,1-2,8,14H2,(H4,27,28,29,30). The molecule has 0 bridgehead atoms. The van der Waals surface area contributed by atoms with E-state index in [1.54, 1.807) is 30.3 Å². The molecule has 33 heavy (non-hydrogen) atoms. The highest BCUT2D eigenvalue weighted by atomic mass is 16.2. The smallest absolute Gasteiger partial charge is 0.261 e. The highest BCUT2D eigenvalue weighted by Crippen LogP contribution is 2.28. The van der Waals surface area contributed by atoms with Gasteiger partial charge in [-0.05, 0) is 31.0 Å². The fourth-order valence-electron chi connectivity index (χ4n) is 3.68. The number of nitrogen functional groups attached to an aromatic ring is 2. The van der Waals surface area contributed by atoms with Crippen molar-refractivity contribution in [3.05, 3.63) is 70.8 Å². The lowest BCUT2D eigenvalue weighted by Crippen LogP contribution is -2.30. The van der Waals surface area contributed by atoms with E-state index in [2.05, 4.69) is 21.8 Å². The van der Waals surface area contributed by atoms with Crippen molar-refractivity contribution in [1.29, 1.82) is 5.26 Å². The number of nitrogens with two attached hydrogens (primary N) is 2. The van der Waals surface area contributed by atoms with E-state index in [1.807, 2.05) is 24.3 Å². The molecule has 0 spiro atoms. The van der Waals surface area contributed by atoms with Gasteiger partial charge in [0.05, 0.1) is 16.8 Å². The van der Waals surface area contributed by atoms with Crippen molar-refractivity contribution in [3.63, 3.8) is 0 Å². The van der Waals surface area contributed by atoms with Crippen LogP contribution in [0.1, 0.15) is 51.1 Å². The van der Waals surface area contributed by atoms with Crippen LogP contribution in [0.4, 0.5) is 11.8 Å². The van der Waals surface area contributed by atoms with Crippen LogP contribution in [0.5, 0.6) is 0 Å². The molecular weight excluding hydrogens is 416 g/mol. The van der Waals surface area contributed by atoms with E-state index < -0.39 is 0 Å². The maximum Gasteiger partial charge on any atom is 0.261 e. The molecule has 2 amide bonds. The summed E-state index contributed by atoms with van der Waals surface area (Å²) in [6.45, 7) is 0.357. The Hall–Kier alpha value is -4.69. The first-order valence-electron chi connectivity index (χ1n) is 10.4. The van der Waals surface area contributed by atoms with E-state index in [-0.39, 0.29) is 29.1 Å². The van der Waals surface area contributed by atoms with Crippen molar-refractivity contribution in [2.45, 2.75) is 19.3 Å². The van der Waals surface area contributed by atoms with Gasteiger partial charge in [0.2, 0.25) is 5.95 Å². The Morgan fingerprint density at radius 1 is 0.879 bits per heavy atom. The summed E-state index contributed by atoms with van der Waals surface area (Å²) in [6, 6.07) is 16.2. The van der Waals surface area contributed by atoms with Gasteiger partial charge in [0.1, 0.15) is 17.5 Å². The summed E-state index contributed by atoms with van der Waals surface area (Å²) >= 11 is 0. The zero-order valence-corrected chi connectivity index (χ0v) is 17.7. The Labute approximate surface area is 190 Å². The van der Waals surface area contributed by atoms with Crippen LogP contribution in [0.2, 0.25) is 0 Å². The molecule has 0 unspecified atom stereocenters. The van der Waals surface area contributed by atoms with Crippen LogP contribution in [0.3, 0.4) is 0 Å². The van der Waals surface area contributed by atoms with Gasteiger partial charge in [0.25, 0.3) is 11.8 Å². The van der Waals surface area contributed by atoms with Crippen LogP contribution < -0.4 is 11.5 Å². The van der Waals surface area contributed by atoms with Crippen LogP contribution in [-0.2, 0) is 0 Å². The van der Waals surface area contributed by atoms with Crippen LogP contribution in [0.15, 0.2) is 48.5 Å². The maximum absolute atomic E-state index is 12.4. The van der Waals surface area contributed by atoms with Crippen LogP contribution in [0, 0.1) is 23.2 Å². The third-order valence-electron chi connectivity index (χ3n) is 5.28. The second-order valence-corrected chi connectivity index (χ2v) is 7.41. The van der Waals surface area contributed by atoms with E-state index in [0.717, 1.165) is 6.42 Å². The van der Waals surface area contributed by atoms with Gasteiger partial charge in [-0.25, -0.2) is 4.98 Å². The number of fused-ring (bicyclic) bond motifs is 1. The van der Waals surface area contributed by atoms with Gasteiger partial charge in [0.15, 0.2) is 0 Å². The number of amides is 2. The predicted octanol–water partition coefficient (Wildman–Crippen LogP) is 3.00. The van der Waals surface area contributed by atoms with Crippen molar-refractivity contribution >= 4 is 23.6 Å². The zero-order chi connectivity index (χ0) is 23.4. The molecule has 0 radical (unpaired) electrons. The van der Waals surface area contributed by atoms with Gasteiger partial charge in [-0.1, -0.05) is 42.2 Å². The first-order chi connectivity index (χ1) is 16.0. The molecule has 2 aromatic carbocycles. The third-order valence-corrected chi connectivity index (χ3v) is 5.28. The lowest BCUT2D eigenvalue weighted by atomic mass is 10.0. The molecule has 1 aliphatic heterocycles. The Morgan fingerprint density at radius 2 is 1.52 bits per heavy atom. The normalized spacial score (nSPS) is 12.2. The van der Waals surface area contributed by atoms with Crippen molar-refractivity contribution in [2.75, 3.05) is 18.0 Å². The third kappa shape index (κ3) is 4.23. The molecule has 162 valence electrons. The Bertz CT molecular complexity index is 1330. The molecule has 4 N–H and O–H groups in total. The van der Waals surface area contributed by atoms with E-state index >= 15 is 0 Å². The van der Waals surface area contributed by atoms with Gasteiger partial charge in [0, 0.05) is 24.1 Å². The maximum atomic E-state index is 12.4. The average Bonchev–Trinajstić information content (AvgIpc) is 3.06. The molecule has 1 aromatic heterocycles. The first kappa shape index (κ1) is 21.5. The second-order valence-electron chi connectivity index (χ2n) is 7.41. The van der Waals surface area contributed by atoms with E-state index in [1.165, 1.54) is 4.90 Å². The molecule has 0 saturated heterocycles. The highest BCUT2D eigenvalue weighted by molar-refractivity contribution is 6.21. The average molecular weight is 436 g/mol. The minimum atomic E-state index is -0.243. The number of nitrogens with zero attached hydrogens (tertiary/aromatic N) is 4. The van der Waals surface area contributed by atoms with Crippen LogP contribution in [0.25, 0.3) is 11.3 Å². The van der Waals surface area contributed by atoms with Gasteiger partial charge < -0.3 is 11.5 Å². The number of carbonyl (C=O) groups excluding carboxylic acids is 2. The summed E-state index contributed by atoms with van der Waals surface area (Å²) in [6.07, 6.45) is 1.95. The Kier molecular flexibility index (Phi) is 6.01. The van der Waals surface area contributed by atoms with Crippen molar-refractivity contribution in [1.82, 2.24) is 14.9 Å². The fourth-order valence-corrected chi connectivity index (χ4v) is 3.68. The number of hydrogen-bond acceptors (Lipinski definition) is 7. The van der Waals surface area contributed by atoms with Crippen LogP contribution in [-0.4, -0.2) is 33.2 Å². The number of imide groups is 1. The fraction of sp³-hybridized carbons (Fsp3) is 0.160. The van der Waals surface area contributed by atoms with Gasteiger partial charge in [-0.15, -0.1) is 0 Å².